The number of hydrogen-bond donors (Lipinski definition) is 1. The van der Waals surface area contributed by atoms with Gasteiger partial charge in [-0.15, -0.1) is 11.8 Å². The van der Waals surface area contributed by atoms with Crippen molar-refractivity contribution in [2.45, 2.75) is 46.8 Å². The van der Waals surface area contributed by atoms with Gasteiger partial charge in [0.2, 0.25) is 10.0 Å². The highest BCUT2D eigenvalue weighted by atomic mass is 32.2. The molecule has 1 saturated carbocycles. The minimum atomic E-state index is -3.45. The summed E-state index contributed by atoms with van der Waals surface area (Å²) in [5.74, 6) is 0. The van der Waals surface area contributed by atoms with Gasteiger partial charge in [0.25, 0.3) is 0 Å². The van der Waals surface area contributed by atoms with Crippen molar-refractivity contribution < 1.29 is 8.42 Å². The zero-order valence-electron chi connectivity index (χ0n) is 12.9. The Kier molecular flexibility index (Phi) is 5.41. The third-order valence-electron chi connectivity index (χ3n) is 4.09. The Morgan fingerprint density at radius 2 is 1.48 bits per heavy atom. The zero-order valence-corrected chi connectivity index (χ0v) is 14.5. The summed E-state index contributed by atoms with van der Waals surface area (Å²) in [6.45, 7) is 0. The molecule has 1 fully saturated rings. The minimum Gasteiger partial charge on any atom is -0.207 e. The Balaban J connectivity index is 1.74. The Morgan fingerprint density at radius 1 is 0.870 bits per heavy atom. The summed E-state index contributed by atoms with van der Waals surface area (Å²) < 4.78 is 28.1. The smallest absolute Gasteiger partial charge is 0.207 e. The van der Waals surface area contributed by atoms with Gasteiger partial charge in [0.15, 0.2) is 0 Å². The van der Waals surface area contributed by atoms with Crippen LogP contribution in [-0.2, 0) is 10.0 Å². The maximum atomic E-state index is 12.6. The molecular weight excluding hydrogens is 326 g/mol. The van der Waals surface area contributed by atoms with Gasteiger partial charge in [-0.25, -0.2) is 13.1 Å². The third-order valence-corrected chi connectivity index (χ3v) is 7.01. The predicted octanol–water partition coefficient (Wildman–Crippen LogP) is 4.07. The number of thioether (sulfide) groups is 1. The van der Waals surface area contributed by atoms with E-state index in [1.165, 1.54) is 4.90 Å². The van der Waals surface area contributed by atoms with Crippen LogP contribution in [0.15, 0.2) is 70.5 Å². The number of nitrogens with one attached hydrogen (secondary N) is 1. The Hall–Kier alpha value is -1.30. The summed E-state index contributed by atoms with van der Waals surface area (Å²) >= 11 is 1.78. The number of benzene rings is 2. The van der Waals surface area contributed by atoms with Crippen LogP contribution in [0.5, 0.6) is 0 Å². The molecule has 0 saturated heterocycles. The average Bonchev–Trinajstić information content (AvgIpc) is 2.58. The molecule has 3 rings (SSSR count). The van der Waals surface area contributed by atoms with Crippen LogP contribution in [0.4, 0.5) is 0 Å². The monoisotopic (exact) mass is 347 g/mol. The summed E-state index contributed by atoms with van der Waals surface area (Å²) in [7, 11) is -3.45. The normalized spacial score (nSPS) is 21.9. The van der Waals surface area contributed by atoms with E-state index < -0.39 is 10.0 Å². The fourth-order valence-electron chi connectivity index (χ4n) is 2.91. The van der Waals surface area contributed by atoms with Crippen molar-refractivity contribution in [3.8, 4) is 0 Å². The van der Waals surface area contributed by atoms with Gasteiger partial charge in [-0.2, -0.15) is 0 Å². The standard InChI is InChI=1S/C18H21NO2S2/c20-23(21,16-11-5-2-6-12-16)19-17-13-7-8-14-18(17)22-15-9-3-1-4-10-15/h1-6,9-12,17-19H,7-8,13-14H2/t17-,18-/m0/s1. The van der Waals surface area contributed by atoms with E-state index in [0.717, 1.165) is 25.7 Å². The molecule has 3 nitrogen and oxygen atoms in total. The molecule has 2 atom stereocenters. The maximum absolute atomic E-state index is 12.6. The molecule has 0 heterocycles. The van der Waals surface area contributed by atoms with Gasteiger partial charge in [-0.1, -0.05) is 49.2 Å². The summed E-state index contributed by atoms with van der Waals surface area (Å²) in [6, 6.07) is 18.8. The maximum Gasteiger partial charge on any atom is 0.240 e. The van der Waals surface area contributed by atoms with Crippen molar-refractivity contribution in [2.24, 2.45) is 0 Å². The van der Waals surface area contributed by atoms with Crippen molar-refractivity contribution in [1.82, 2.24) is 4.72 Å². The largest absolute Gasteiger partial charge is 0.240 e. The molecule has 1 aliphatic carbocycles. The second-order valence-electron chi connectivity index (χ2n) is 5.79. The number of sulfonamides is 1. The molecule has 2 aromatic rings. The lowest BCUT2D eigenvalue weighted by Gasteiger charge is -2.31. The van der Waals surface area contributed by atoms with Gasteiger partial charge in [0.1, 0.15) is 0 Å². The molecular formula is C18H21NO2S2. The van der Waals surface area contributed by atoms with Gasteiger partial charge in [-0.05, 0) is 37.1 Å². The van der Waals surface area contributed by atoms with Gasteiger partial charge in [-0.3, -0.25) is 0 Å². The molecule has 0 bridgehead atoms. The fourth-order valence-corrected chi connectivity index (χ4v) is 5.65. The highest BCUT2D eigenvalue weighted by molar-refractivity contribution is 8.00. The van der Waals surface area contributed by atoms with Gasteiger partial charge < -0.3 is 0 Å². The van der Waals surface area contributed by atoms with Crippen LogP contribution in [0.2, 0.25) is 0 Å². The van der Waals surface area contributed by atoms with Gasteiger partial charge >= 0.3 is 0 Å². The summed E-state index contributed by atoms with van der Waals surface area (Å²) in [4.78, 5) is 1.54. The molecule has 0 aliphatic heterocycles. The van der Waals surface area contributed by atoms with E-state index >= 15 is 0 Å². The van der Waals surface area contributed by atoms with Crippen LogP contribution in [-0.4, -0.2) is 19.7 Å². The molecule has 23 heavy (non-hydrogen) atoms. The van der Waals surface area contributed by atoms with Gasteiger partial charge in [0, 0.05) is 16.2 Å². The molecule has 5 heteroatoms. The first-order valence-corrected chi connectivity index (χ1v) is 10.3. The molecule has 1 aliphatic rings. The fraction of sp³-hybridized carbons (Fsp3) is 0.333. The first-order valence-electron chi connectivity index (χ1n) is 7.94. The second kappa shape index (κ2) is 7.51. The molecule has 0 spiro atoms. The van der Waals surface area contributed by atoms with Crippen LogP contribution in [0.1, 0.15) is 25.7 Å². The number of rotatable bonds is 5. The highest BCUT2D eigenvalue weighted by Gasteiger charge is 2.30. The van der Waals surface area contributed by atoms with E-state index in [0.29, 0.717) is 4.90 Å². The van der Waals surface area contributed by atoms with E-state index in [4.69, 9.17) is 0 Å². The molecule has 0 amide bonds. The zero-order chi connectivity index (χ0) is 16.1. The molecule has 0 unspecified atom stereocenters. The minimum absolute atomic E-state index is 0.0147. The molecule has 2 aromatic carbocycles. The molecule has 122 valence electrons. The van der Waals surface area contributed by atoms with Gasteiger partial charge in [0.05, 0.1) is 4.90 Å². The third kappa shape index (κ3) is 4.37. The molecule has 1 N–H and O–H groups in total. The summed E-state index contributed by atoms with van der Waals surface area (Å²) in [5.41, 5.74) is 0. The van der Waals surface area contributed by atoms with Crippen LogP contribution in [0, 0.1) is 0 Å². The Bertz CT molecular complexity index is 717. The summed E-state index contributed by atoms with van der Waals surface area (Å²) in [6.07, 6.45) is 4.18. The van der Waals surface area contributed by atoms with Crippen LogP contribution in [0.25, 0.3) is 0 Å². The van der Waals surface area contributed by atoms with E-state index in [1.807, 2.05) is 24.3 Å². The number of hydrogen-bond acceptors (Lipinski definition) is 3. The molecule has 0 radical (unpaired) electrons. The van der Waals surface area contributed by atoms with E-state index in [-0.39, 0.29) is 11.3 Å². The predicted molar refractivity (Wildman–Crippen MR) is 95.1 cm³/mol. The Morgan fingerprint density at radius 3 is 2.17 bits per heavy atom. The quantitative estimate of drug-likeness (QED) is 0.887. The van der Waals surface area contributed by atoms with E-state index in [9.17, 15) is 8.42 Å². The van der Waals surface area contributed by atoms with Crippen LogP contribution in [0.3, 0.4) is 0 Å². The average molecular weight is 348 g/mol. The lowest BCUT2D eigenvalue weighted by Crippen LogP contribution is -2.43. The van der Waals surface area contributed by atoms with Crippen molar-refractivity contribution in [1.29, 1.82) is 0 Å². The van der Waals surface area contributed by atoms with Crippen LogP contribution >= 0.6 is 11.8 Å². The van der Waals surface area contributed by atoms with Crippen molar-refractivity contribution in [2.75, 3.05) is 0 Å². The highest BCUT2D eigenvalue weighted by Crippen LogP contribution is 2.34. The SMILES string of the molecule is O=S(=O)(N[C@H]1CCCC[C@@H]1Sc1ccccc1)c1ccccc1. The second-order valence-corrected chi connectivity index (χ2v) is 8.82. The van der Waals surface area contributed by atoms with E-state index in [2.05, 4.69) is 16.9 Å². The van der Waals surface area contributed by atoms with Crippen LogP contribution < -0.4 is 4.72 Å². The Labute approximate surface area is 142 Å². The van der Waals surface area contributed by atoms with Crippen molar-refractivity contribution in [3.05, 3.63) is 60.7 Å². The lowest BCUT2D eigenvalue weighted by molar-refractivity contribution is 0.423. The summed E-state index contributed by atoms with van der Waals surface area (Å²) in [5, 5.41) is 0.282. The first-order chi connectivity index (χ1) is 11.1. The molecule has 0 aromatic heterocycles. The van der Waals surface area contributed by atoms with E-state index in [1.54, 1.807) is 36.0 Å². The van der Waals surface area contributed by atoms with Crippen molar-refractivity contribution >= 4 is 21.8 Å². The van der Waals surface area contributed by atoms with Crippen molar-refractivity contribution in [3.63, 3.8) is 0 Å². The topological polar surface area (TPSA) is 46.2 Å². The first kappa shape index (κ1) is 16.6. The lowest BCUT2D eigenvalue weighted by atomic mass is 9.96.